The second kappa shape index (κ2) is 8.98. The van der Waals surface area contributed by atoms with E-state index in [0.717, 1.165) is 22.1 Å². The van der Waals surface area contributed by atoms with Gasteiger partial charge in [0, 0.05) is 5.33 Å². The standard InChI is InChI=1S/C21H29BrOSi/c1-21(2,17-11-3-4-12-18-22)24(23,19-13-7-5-8-14-19)20-15-9-6-10-16-20/h5-10,13-16,23H,3-4,11-12,17-18H2,1-2H3. The van der Waals surface area contributed by atoms with E-state index < -0.39 is 8.32 Å². The molecule has 0 radical (unpaired) electrons. The van der Waals surface area contributed by atoms with Crippen molar-refractivity contribution in [2.45, 2.75) is 51.0 Å². The maximum atomic E-state index is 12.0. The fourth-order valence-corrected chi connectivity index (χ4v) is 7.68. The predicted molar refractivity (Wildman–Crippen MR) is 111 cm³/mol. The lowest BCUT2D eigenvalue weighted by atomic mass is 10.0. The fraction of sp³-hybridized carbons (Fsp3) is 0.429. The van der Waals surface area contributed by atoms with E-state index in [-0.39, 0.29) is 5.04 Å². The van der Waals surface area contributed by atoms with Crippen LogP contribution in [0.4, 0.5) is 0 Å². The first-order chi connectivity index (χ1) is 11.5. The molecule has 2 aromatic carbocycles. The van der Waals surface area contributed by atoms with E-state index in [9.17, 15) is 4.80 Å². The van der Waals surface area contributed by atoms with Crippen LogP contribution in [-0.2, 0) is 0 Å². The minimum absolute atomic E-state index is 0.107. The molecule has 0 aliphatic rings. The molecule has 24 heavy (non-hydrogen) atoms. The lowest BCUT2D eigenvalue weighted by molar-refractivity contribution is 0.449. The van der Waals surface area contributed by atoms with Gasteiger partial charge in [-0.15, -0.1) is 0 Å². The van der Waals surface area contributed by atoms with Crippen molar-refractivity contribution in [3.05, 3.63) is 60.7 Å². The van der Waals surface area contributed by atoms with Gasteiger partial charge in [0.25, 0.3) is 8.32 Å². The maximum absolute atomic E-state index is 12.0. The van der Waals surface area contributed by atoms with E-state index in [2.05, 4.69) is 54.0 Å². The zero-order valence-corrected chi connectivity index (χ0v) is 17.4. The quantitative estimate of drug-likeness (QED) is 0.359. The molecule has 1 nitrogen and oxygen atoms in total. The zero-order chi connectivity index (χ0) is 17.5. The third-order valence-corrected chi connectivity index (χ3v) is 10.2. The van der Waals surface area contributed by atoms with Gasteiger partial charge in [-0.2, -0.15) is 0 Å². The monoisotopic (exact) mass is 404 g/mol. The molecular formula is C21H29BrOSi. The molecule has 0 saturated carbocycles. The summed E-state index contributed by atoms with van der Waals surface area (Å²) in [6, 6.07) is 20.6. The number of hydrogen-bond donors (Lipinski definition) is 1. The van der Waals surface area contributed by atoms with Crippen molar-refractivity contribution in [2.24, 2.45) is 0 Å². The van der Waals surface area contributed by atoms with E-state index in [0.29, 0.717) is 0 Å². The third kappa shape index (κ3) is 4.38. The van der Waals surface area contributed by atoms with Crippen LogP contribution in [0.1, 0.15) is 46.0 Å². The van der Waals surface area contributed by atoms with Crippen molar-refractivity contribution >= 4 is 34.6 Å². The highest BCUT2D eigenvalue weighted by Gasteiger charge is 2.49. The number of hydrogen-bond acceptors (Lipinski definition) is 1. The van der Waals surface area contributed by atoms with E-state index in [1.165, 1.54) is 25.7 Å². The molecule has 3 heteroatoms. The van der Waals surface area contributed by atoms with Crippen molar-refractivity contribution in [3.8, 4) is 0 Å². The van der Waals surface area contributed by atoms with E-state index in [4.69, 9.17) is 0 Å². The number of rotatable bonds is 9. The molecule has 1 N–H and O–H groups in total. The summed E-state index contributed by atoms with van der Waals surface area (Å²) in [5.41, 5.74) is 0. The smallest absolute Gasteiger partial charge is 0.258 e. The topological polar surface area (TPSA) is 20.2 Å². The second-order valence-electron chi connectivity index (χ2n) is 7.18. The van der Waals surface area contributed by atoms with Crippen molar-refractivity contribution in [3.63, 3.8) is 0 Å². The normalized spacial score (nSPS) is 12.3. The van der Waals surface area contributed by atoms with E-state index in [1.54, 1.807) is 0 Å². The highest BCUT2D eigenvalue weighted by molar-refractivity contribution is 9.09. The van der Waals surface area contributed by atoms with Gasteiger partial charge in [0.1, 0.15) is 0 Å². The number of unbranched alkanes of at least 4 members (excludes halogenated alkanes) is 3. The summed E-state index contributed by atoms with van der Waals surface area (Å²) >= 11 is 3.50. The zero-order valence-electron chi connectivity index (χ0n) is 14.8. The van der Waals surface area contributed by atoms with Crippen molar-refractivity contribution < 1.29 is 4.80 Å². The molecule has 0 aliphatic heterocycles. The van der Waals surface area contributed by atoms with Gasteiger partial charge < -0.3 is 4.80 Å². The molecule has 0 aromatic heterocycles. The molecule has 0 unspecified atom stereocenters. The van der Waals surface area contributed by atoms with Gasteiger partial charge in [-0.05, 0) is 28.3 Å². The van der Waals surface area contributed by atoms with Gasteiger partial charge in [0.2, 0.25) is 0 Å². The van der Waals surface area contributed by atoms with Gasteiger partial charge in [-0.3, -0.25) is 0 Å². The summed E-state index contributed by atoms with van der Waals surface area (Å²) in [5.74, 6) is 0. The summed E-state index contributed by atoms with van der Waals surface area (Å²) in [6.07, 6.45) is 5.97. The third-order valence-electron chi connectivity index (χ3n) is 5.05. The first-order valence-electron chi connectivity index (χ1n) is 8.92. The molecule has 0 aliphatic carbocycles. The Hall–Kier alpha value is -0.903. The number of benzene rings is 2. The van der Waals surface area contributed by atoms with Crippen LogP contribution in [0.25, 0.3) is 0 Å². The fourth-order valence-electron chi connectivity index (χ4n) is 3.50. The van der Waals surface area contributed by atoms with Gasteiger partial charge in [-0.1, -0.05) is 110 Å². The van der Waals surface area contributed by atoms with Crippen molar-refractivity contribution in [1.82, 2.24) is 0 Å². The molecule has 0 spiro atoms. The Morgan fingerprint density at radius 3 is 1.71 bits per heavy atom. The molecule has 0 bridgehead atoms. The van der Waals surface area contributed by atoms with Crippen LogP contribution >= 0.6 is 15.9 Å². The lowest BCUT2D eigenvalue weighted by Crippen LogP contribution is -2.65. The van der Waals surface area contributed by atoms with Crippen LogP contribution in [0, 0.1) is 0 Å². The van der Waals surface area contributed by atoms with Gasteiger partial charge in [-0.25, -0.2) is 0 Å². The molecule has 0 amide bonds. The highest BCUT2D eigenvalue weighted by Crippen LogP contribution is 2.40. The summed E-state index contributed by atoms with van der Waals surface area (Å²) in [5, 5.41) is 3.20. The molecule has 0 saturated heterocycles. The van der Waals surface area contributed by atoms with Crippen LogP contribution in [0.15, 0.2) is 60.7 Å². The predicted octanol–water partition coefficient (Wildman–Crippen LogP) is 4.86. The van der Waals surface area contributed by atoms with Crippen LogP contribution in [-0.4, -0.2) is 18.4 Å². The summed E-state index contributed by atoms with van der Waals surface area (Å²) in [4.78, 5) is 12.0. The van der Waals surface area contributed by atoms with Gasteiger partial charge in [0.05, 0.1) is 0 Å². The minimum atomic E-state index is -2.81. The Morgan fingerprint density at radius 1 is 0.792 bits per heavy atom. The number of alkyl halides is 1. The Balaban J connectivity index is 2.29. The van der Waals surface area contributed by atoms with E-state index >= 15 is 0 Å². The summed E-state index contributed by atoms with van der Waals surface area (Å²) < 4.78 is 0. The summed E-state index contributed by atoms with van der Waals surface area (Å²) in [7, 11) is -2.81. The Bertz CT molecular complexity index is 558. The highest BCUT2D eigenvalue weighted by atomic mass is 79.9. The molecule has 130 valence electrons. The first-order valence-corrected chi connectivity index (χ1v) is 12.0. The Morgan fingerprint density at radius 2 is 1.25 bits per heavy atom. The molecule has 0 heterocycles. The first kappa shape index (κ1) is 19.4. The number of halogens is 1. The van der Waals surface area contributed by atoms with Gasteiger partial charge in [0.15, 0.2) is 0 Å². The second-order valence-corrected chi connectivity index (χ2v) is 11.9. The maximum Gasteiger partial charge on any atom is 0.258 e. The minimum Gasteiger partial charge on any atom is -0.424 e. The average molecular weight is 405 g/mol. The molecule has 0 atom stereocenters. The van der Waals surface area contributed by atoms with Crippen molar-refractivity contribution in [1.29, 1.82) is 0 Å². The largest absolute Gasteiger partial charge is 0.424 e. The van der Waals surface area contributed by atoms with Crippen LogP contribution in [0.2, 0.25) is 5.04 Å². The molecule has 2 aromatic rings. The van der Waals surface area contributed by atoms with Gasteiger partial charge >= 0.3 is 0 Å². The van der Waals surface area contributed by atoms with E-state index in [1.807, 2.05) is 36.4 Å². The molecular weight excluding hydrogens is 376 g/mol. The average Bonchev–Trinajstić information content (AvgIpc) is 2.62. The Kier molecular flexibility index (Phi) is 7.27. The SMILES string of the molecule is CC(C)(CCCCCCBr)[Si](O)(c1ccccc1)c1ccccc1. The lowest BCUT2D eigenvalue weighted by Gasteiger charge is -2.41. The van der Waals surface area contributed by atoms with Crippen LogP contribution in [0.5, 0.6) is 0 Å². The van der Waals surface area contributed by atoms with Crippen LogP contribution in [0.3, 0.4) is 0 Å². The molecule has 2 rings (SSSR count). The van der Waals surface area contributed by atoms with Crippen LogP contribution < -0.4 is 10.4 Å². The Labute approximate surface area is 156 Å². The molecule has 0 fully saturated rings. The summed E-state index contributed by atoms with van der Waals surface area (Å²) in [6.45, 7) is 4.51. The van der Waals surface area contributed by atoms with Crippen molar-refractivity contribution in [2.75, 3.05) is 5.33 Å².